The summed E-state index contributed by atoms with van der Waals surface area (Å²) in [5.74, 6) is -1.81. The Morgan fingerprint density at radius 2 is 1.62 bits per heavy atom. The van der Waals surface area contributed by atoms with Gasteiger partial charge in [0.1, 0.15) is 10.8 Å². The highest BCUT2D eigenvalue weighted by atomic mass is 35.5. The summed E-state index contributed by atoms with van der Waals surface area (Å²) < 4.78 is 36.5. The van der Waals surface area contributed by atoms with Crippen LogP contribution in [-0.4, -0.2) is 21.5 Å². The largest absolute Gasteiger partial charge is 0.506 e. The van der Waals surface area contributed by atoms with E-state index in [-0.39, 0.29) is 0 Å². The monoisotopic (exact) mass is 276 g/mol. The fourth-order valence-electron chi connectivity index (χ4n) is 1.00. The van der Waals surface area contributed by atoms with Crippen LogP contribution in [0.3, 0.4) is 0 Å². The van der Waals surface area contributed by atoms with Crippen LogP contribution in [0.15, 0.2) is 6.07 Å². The molecule has 1 aromatic rings. The molecule has 3 nitrogen and oxygen atoms in total. The topological polar surface area (TPSA) is 60.7 Å². The van der Waals surface area contributed by atoms with Gasteiger partial charge in [-0.05, 0) is 6.07 Å². The van der Waals surface area contributed by atoms with Gasteiger partial charge in [0, 0.05) is 5.56 Å². The minimum Gasteiger partial charge on any atom is -0.506 e. The zero-order chi connectivity index (χ0) is 12.7. The Morgan fingerprint density at radius 1 is 1.12 bits per heavy atom. The van der Waals surface area contributed by atoms with Crippen molar-refractivity contribution in [1.82, 2.24) is 0 Å². The van der Waals surface area contributed by atoms with Crippen molar-refractivity contribution in [2.45, 2.75) is 12.3 Å². The average Bonchev–Trinajstić information content (AvgIpc) is 2.18. The Morgan fingerprint density at radius 3 is 2.06 bits per heavy atom. The second-order valence-electron chi connectivity index (χ2n) is 2.90. The predicted molar refractivity (Wildman–Crippen MR) is 50.8 cm³/mol. The van der Waals surface area contributed by atoms with E-state index in [1.807, 2.05) is 0 Å². The Labute approximate surface area is 97.6 Å². The van der Waals surface area contributed by atoms with E-state index < -0.39 is 39.4 Å². The van der Waals surface area contributed by atoms with E-state index in [2.05, 4.69) is 0 Å². The molecular formula is C8H5Cl2F3O3. The first-order valence-corrected chi connectivity index (χ1v) is 4.56. The highest BCUT2D eigenvalue weighted by molar-refractivity contribution is 6.38. The Hall–Kier alpha value is -0.850. The van der Waals surface area contributed by atoms with Crippen molar-refractivity contribution in [2.24, 2.45) is 0 Å². The third kappa shape index (κ3) is 2.28. The van der Waals surface area contributed by atoms with E-state index in [0.717, 1.165) is 0 Å². The fourth-order valence-corrected chi connectivity index (χ4v) is 1.47. The number of alkyl halides is 3. The molecule has 0 heterocycles. The summed E-state index contributed by atoms with van der Waals surface area (Å²) in [6.07, 6.45) is -7.90. The van der Waals surface area contributed by atoms with Gasteiger partial charge in [-0.3, -0.25) is 0 Å². The highest BCUT2D eigenvalue weighted by Crippen LogP contribution is 2.46. The summed E-state index contributed by atoms with van der Waals surface area (Å²) in [6.45, 7) is 0. The number of halogens is 5. The van der Waals surface area contributed by atoms with Crippen molar-refractivity contribution in [1.29, 1.82) is 0 Å². The van der Waals surface area contributed by atoms with Gasteiger partial charge in [0.25, 0.3) is 0 Å². The second kappa shape index (κ2) is 4.20. The number of phenolic OH excluding ortho intramolecular Hbond substituents is 2. The number of hydrogen-bond acceptors (Lipinski definition) is 3. The van der Waals surface area contributed by atoms with E-state index in [0.29, 0.717) is 6.07 Å². The standard InChI is InChI=1S/C8H5Cl2F3O3/c9-3-1-2(7(16)8(11,12)13)5(14)4(10)6(3)15/h1,7,14-16H. The lowest BCUT2D eigenvalue weighted by Crippen LogP contribution is -2.20. The average molecular weight is 277 g/mol. The molecule has 0 aliphatic rings. The van der Waals surface area contributed by atoms with Gasteiger partial charge in [-0.15, -0.1) is 0 Å². The molecule has 0 aliphatic heterocycles. The summed E-state index contributed by atoms with van der Waals surface area (Å²) in [4.78, 5) is 0. The molecule has 16 heavy (non-hydrogen) atoms. The molecule has 8 heteroatoms. The molecule has 90 valence electrons. The number of aliphatic hydroxyl groups excluding tert-OH is 1. The summed E-state index contributed by atoms with van der Waals surface area (Å²) in [7, 11) is 0. The van der Waals surface area contributed by atoms with Gasteiger partial charge < -0.3 is 15.3 Å². The van der Waals surface area contributed by atoms with Gasteiger partial charge >= 0.3 is 6.18 Å². The Bertz CT molecular complexity index is 420. The van der Waals surface area contributed by atoms with Crippen LogP contribution in [0.4, 0.5) is 13.2 Å². The summed E-state index contributed by atoms with van der Waals surface area (Å²) in [5, 5.41) is 26.0. The molecular weight excluding hydrogens is 272 g/mol. The number of rotatable bonds is 1. The van der Waals surface area contributed by atoms with Gasteiger partial charge in [-0.1, -0.05) is 23.2 Å². The molecule has 0 saturated carbocycles. The van der Waals surface area contributed by atoms with Crippen LogP contribution in [0.25, 0.3) is 0 Å². The Balaban J connectivity index is 3.36. The Kier molecular flexibility index (Phi) is 3.47. The van der Waals surface area contributed by atoms with Crippen molar-refractivity contribution in [3.63, 3.8) is 0 Å². The van der Waals surface area contributed by atoms with Crippen LogP contribution in [0, 0.1) is 0 Å². The molecule has 0 spiro atoms. The maximum atomic E-state index is 12.2. The number of phenols is 2. The first-order valence-electron chi connectivity index (χ1n) is 3.81. The summed E-state index contributed by atoms with van der Waals surface area (Å²) in [6, 6.07) is 0.594. The summed E-state index contributed by atoms with van der Waals surface area (Å²) >= 11 is 10.7. The molecule has 1 rings (SSSR count). The van der Waals surface area contributed by atoms with Gasteiger partial charge in [0.05, 0.1) is 5.02 Å². The van der Waals surface area contributed by atoms with E-state index in [1.54, 1.807) is 0 Å². The van der Waals surface area contributed by atoms with E-state index in [4.69, 9.17) is 33.4 Å². The third-order valence-corrected chi connectivity index (χ3v) is 2.45. The second-order valence-corrected chi connectivity index (χ2v) is 3.69. The zero-order valence-corrected chi connectivity index (χ0v) is 8.90. The van der Waals surface area contributed by atoms with Crippen LogP contribution in [0.1, 0.15) is 11.7 Å². The van der Waals surface area contributed by atoms with Crippen molar-refractivity contribution in [3.8, 4) is 11.5 Å². The van der Waals surface area contributed by atoms with E-state index >= 15 is 0 Å². The molecule has 0 radical (unpaired) electrons. The predicted octanol–water partition coefficient (Wildman–Crippen LogP) is 3.00. The number of aromatic hydroxyl groups is 2. The molecule has 0 bridgehead atoms. The smallest absolute Gasteiger partial charge is 0.418 e. The van der Waals surface area contributed by atoms with Gasteiger partial charge in [-0.2, -0.15) is 13.2 Å². The molecule has 3 N–H and O–H groups in total. The van der Waals surface area contributed by atoms with Crippen molar-refractivity contribution >= 4 is 23.2 Å². The number of benzene rings is 1. The molecule has 1 unspecified atom stereocenters. The van der Waals surface area contributed by atoms with Crippen molar-refractivity contribution in [2.75, 3.05) is 0 Å². The fraction of sp³-hybridized carbons (Fsp3) is 0.250. The lowest BCUT2D eigenvalue weighted by atomic mass is 10.1. The quantitative estimate of drug-likeness (QED) is 0.739. The maximum Gasteiger partial charge on any atom is 0.418 e. The zero-order valence-electron chi connectivity index (χ0n) is 7.39. The molecule has 1 atom stereocenters. The molecule has 0 fully saturated rings. The molecule has 0 aliphatic carbocycles. The molecule has 1 aromatic carbocycles. The highest BCUT2D eigenvalue weighted by Gasteiger charge is 2.41. The molecule has 0 amide bonds. The van der Waals surface area contributed by atoms with Crippen molar-refractivity contribution < 1.29 is 28.5 Å². The lowest BCUT2D eigenvalue weighted by Gasteiger charge is -2.17. The normalized spacial score (nSPS) is 13.9. The minimum atomic E-state index is -4.97. The first kappa shape index (κ1) is 13.2. The summed E-state index contributed by atoms with van der Waals surface area (Å²) in [5.41, 5.74) is -0.916. The van der Waals surface area contributed by atoms with Crippen LogP contribution in [0.2, 0.25) is 10.0 Å². The van der Waals surface area contributed by atoms with Gasteiger partial charge in [-0.25, -0.2) is 0 Å². The van der Waals surface area contributed by atoms with Gasteiger partial charge in [0.2, 0.25) is 0 Å². The molecule has 0 aromatic heterocycles. The van der Waals surface area contributed by atoms with Crippen LogP contribution < -0.4 is 0 Å². The van der Waals surface area contributed by atoms with Crippen LogP contribution >= 0.6 is 23.2 Å². The maximum absolute atomic E-state index is 12.2. The third-order valence-electron chi connectivity index (χ3n) is 1.80. The van der Waals surface area contributed by atoms with E-state index in [9.17, 15) is 18.3 Å². The van der Waals surface area contributed by atoms with Gasteiger partial charge in [0.15, 0.2) is 11.9 Å². The number of hydrogen-bond donors (Lipinski definition) is 3. The SMILES string of the molecule is Oc1c(Cl)cc(C(O)C(F)(F)F)c(O)c1Cl. The van der Waals surface area contributed by atoms with Crippen molar-refractivity contribution in [3.05, 3.63) is 21.7 Å². The van der Waals surface area contributed by atoms with E-state index in [1.165, 1.54) is 0 Å². The van der Waals surface area contributed by atoms with Crippen LogP contribution in [-0.2, 0) is 0 Å². The molecule has 0 saturated heterocycles. The minimum absolute atomic E-state index is 0.499. The first-order chi connectivity index (χ1) is 7.16. The lowest BCUT2D eigenvalue weighted by molar-refractivity contribution is -0.207. The van der Waals surface area contributed by atoms with Crippen LogP contribution in [0.5, 0.6) is 11.5 Å². The number of aliphatic hydroxyl groups is 1.